The van der Waals surface area contributed by atoms with Gasteiger partial charge in [-0.05, 0) is 44.2 Å². The summed E-state index contributed by atoms with van der Waals surface area (Å²) < 4.78 is 0. The van der Waals surface area contributed by atoms with Crippen molar-refractivity contribution in [2.45, 2.75) is 36.6 Å². The van der Waals surface area contributed by atoms with E-state index in [0.717, 1.165) is 17.2 Å². The number of aliphatic hydroxyl groups is 1. The highest BCUT2D eigenvalue weighted by atomic mass is 32.2. The van der Waals surface area contributed by atoms with Crippen LogP contribution in [0.2, 0.25) is 0 Å². The number of anilines is 3. The summed E-state index contributed by atoms with van der Waals surface area (Å²) in [6, 6.07) is 10.2. The van der Waals surface area contributed by atoms with Crippen LogP contribution in [0.1, 0.15) is 31.4 Å². The molecule has 5 nitrogen and oxygen atoms in total. The zero-order valence-electron chi connectivity index (χ0n) is 13.4. The number of rotatable bonds is 7. The van der Waals surface area contributed by atoms with Crippen molar-refractivity contribution in [1.82, 2.24) is 9.97 Å². The molecule has 0 aliphatic heterocycles. The highest BCUT2D eigenvalue weighted by Crippen LogP contribution is 2.40. The predicted molar refractivity (Wildman–Crippen MR) is 95.7 cm³/mol. The fraction of sp³-hybridized carbons (Fsp3) is 0.412. The van der Waals surface area contributed by atoms with Gasteiger partial charge in [0.15, 0.2) is 0 Å². The molecule has 3 N–H and O–H groups in total. The highest BCUT2D eigenvalue weighted by molar-refractivity contribution is 7.98. The number of aliphatic hydroxyl groups excluding tert-OH is 1. The Kier molecular flexibility index (Phi) is 5.03. The quantitative estimate of drug-likeness (QED) is 0.674. The maximum absolute atomic E-state index is 9.21. The second-order valence-corrected chi connectivity index (χ2v) is 6.74. The lowest BCUT2D eigenvalue weighted by Gasteiger charge is -2.14. The fourth-order valence-electron chi connectivity index (χ4n) is 2.30. The Hall–Kier alpha value is -1.79. The van der Waals surface area contributed by atoms with E-state index in [1.807, 2.05) is 25.1 Å². The molecule has 23 heavy (non-hydrogen) atoms. The average Bonchev–Trinajstić information content (AvgIpc) is 3.39. The molecule has 1 fully saturated rings. The molecular formula is C17H22N4OS. The molecule has 6 heteroatoms. The second kappa shape index (κ2) is 7.19. The van der Waals surface area contributed by atoms with Gasteiger partial charge in [0, 0.05) is 28.6 Å². The third kappa shape index (κ3) is 4.36. The summed E-state index contributed by atoms with van der Waals surface area (Å²) in [6.07, 6.45) is 4.44. The summed E-state index contributed by atoms with van der Waals surface area (Å²) in [6.45, 7) is 1.96. The van der Waals surface area contributed by atoms with Crippen molar-refractivity contribution in [3.63, 3.8) is 0 Å². The Bertz CT molecular complexity index is 675. The molecule has 2 aromatic rings. The topological polar surface area (TPSA) is 70.1 Å². The third-order valence-electron chi connectivity index (χ3n) is 3.73. The van der Waals surface area contributed by atoms with E-state index in [2.05, 4.69) is 39.0 Å². The monoisotopic (exact) mass is 330 g/mol. The van der Waals surface area contributed by atoms with Crippen molar-refractivity contribution in [3.8, 4) is 0 Å². The second-order valence-electron chi connectivity index (χ2n) is 5.86. The van der Waals surface area contributed by atoms with Crippen molar-refractivity contribution >= 4 is 29.2 Å². The molecule has 1 aromatic heterocycles. The van der Waals surface area contributed by atoms with Crippen LogP contribution in [0.25, 0.3) is 0 Å². The van der Waals surface area contributed by atoms with E-state index in [0.29, 0.717) is 11.9 Å². The molecule has 3 rings (SSSR count). The average molecular weight is 330 g/mol. The fourth-order valence-corrected chi connectivity index (χ4v) is 2.76. The number of aromatic nitrogens is 2. The largest absolute Gasteiger partial charge is 0.394 e. The SMILES string of the molecule is CSc1cccc(Nc2cc(C3CC3)nc(N[C@@H](C)CO)n2)c1. The van der Waals surface area contributed by atoms with Gasteiger partial charge in [-0.15, -0.1) is 11.8 Å². The van der Waals surface area contributed by atoms with Gasteiger partial charge in [0.25, 0.3) is 0 Å². The molecule has 0 radical (unpaired) electrons. The molecule has 1 aliphatic rings. The standard InChI is InChI=1S/C17H22N4OS/c1-11(10-22)18-17-20-15(12-6-7-12)9-16(21-17)19-13-4-3-5-14(8-13)23-2/h3-5,8-9,11-12,22H,6-7,10H2,1-2H3,(H2,18,19,20,21)/t11-/m0/s1. The Morgan fingerprint density at radius 2 is 2.13 bits per heavy atom. The molecule has 0 saturated heterocycles. The first-order valence-corrected chi connectivity index (χ1v) is 9.08. The third-order valence-corrected chi connectivity index (χ3v) is 4.46. The van der Waals surface area contributed by atoms with Crippen LogP contribution in [-0.2, 0) is 0 Å². The summed E-state index contributed by atoms with van der Waals surface area (Å²) in [4.78, 5) is 10.3. The highest BCUT2D eigenvalue weighted by Gasteiger charge is 2.26. The van der Waals surface area contributed by atoms with E-state index in [1.165, 1.54) is 17.7 Å². The number of benzene rings is 1. The number of hydrogen-bond donors (Lipinski definition) is 3. The molecule has 1 saturated carbocycles. The van der Waals surface area contributed by atoms with Crippen LogP contribution < -0.4 is 10.6 Å². The minimum Gasteiger partial charge on any atom is -0.394 e. The van der Waals surface area contributed by atoms with Crippen molar-refractivity contribution in [1.29, 1.82) is 0 Å². The van der Waals surface area contributed by atoms with Gasteiger partial charge in [-0.1, -0.05) is 6.07 Å². The smallest absolute Gasteiger partial charge is 0.225 e. The van der Waals surface area contributed by atoms with Crippen LogP contribution in [0.3, 0.4) is 0 Å². The molecule has 0 amide bonds. The molecule has 0 spiro atoms. The number of nitrogens with zero attached hydrogens (tertiary/aromatic N) is 2. The van der Waals surface area contributed by atoms with Gasteiger partial charge in [0.2, 0.25) is 5.95 Å². The Morgan fingerprint density at radius 3 is 2.83 bits per heavy atom. The summed E-state index contributed by atoms with van der Waals surface area (Å²) in [5.41, 5.74) is 2.08. The lowest BCUT2D eigenvalue weighted by atomic mass is 10.2. The lowest BCUT2D eigenvalue weighted by molar-refractivity contribution is 0.281. The van der Waals surface area contributed by atoms with Gasteiger partial charge < -0.3 is 15.7 Å². The molecule has 1 atom stereocenters. The van der Waals surface area contributed by atoms with Crippen molar-refractivity contribution in [2.75, 3.05) is 23.5 Å². The van der Waals surface area contributed by atoms with Crippen molar-refractivity contribution < 1.29 is 5.11 Å². The molecular weight excluding hydrogens is 308 g/mol. The molecule has 1 aromatic carbocycles. The number of nitrogens with one attached hydrogen (secondary N) is 2. The maximum atomic E-state index is 9.21. The van der Waals surface area contributed by atoms with Gasteiger partial charge in [0.1, 0.15) is 5.82 Å². The first-order chi connectivity index (χ1) is 11.2. The van der Waals surface area contributed by atoms with Gasteiger partial charge >= 0.3 is 0 Å². The van der Waals surface area contributed by atoms with Crippen LogP contribution in [-0.4, -0.2) is 34.0 Å². The van der Waals surface area contributed by atoms with Gasteiger partial charge in [-0.3, -0.25) is 0 Å². The van der Waals surface area contributed by atoms with Gasteiger partial charge in [-0.2, -0.15) is 4.98 Å². The van der Waals surface area contributed by atoms with Crippen LogP contribution in [0, 0.1) is 0 Å². The molecule has 122 valence electrons. The van der Waals surface area contributed by atoms with Crippen LogP contribution >= 0.6 is 11.8 Å². The summed E-state index contributed by atoms with van der Waals surface area (Å²) in [5.74, 6) is 1.90. The van der Waals surface area contributed by atoms with E-state index in [9.17, 15) is 5.11 Å². The zero-order valence-corrected chi connectivity index (χ0v) is 14.2. The molecule has 0 bridgehead atoms. The Labute approximate surface area is 140 Å². The first-order valence-electron chi connectivity index (χ1n) is 7.85. The Morgan fingerprint density at radius 1 is 1.30 bits per heavy atom. The van der Waals surface area contributed by atoms with Crippen molar-refractivity contribution in [3.05, 3.63) is 36.0 Å². The van der Waals surface area contributed by atoms with Crippen molar-refractivity contribution in [2.24, 2.45) is 0 Å². The summed E-state index contributed by atoms with van der Waals surface area (Å²) >= 11 is 1.71. The summed E-state index contributed by atoms with van der Waals surface area (Å²) in [7, 11) is 0. The number of hydrogen-bond acceptors (Lipinski definition) is 6. The summed E-state index contributed by atoms with van der Waals surface area (Å²) in [5, 5.41) is 15.7. The van der Waals surface area contributed by atoms with E-state index in [1.54, 1.807) is 11.8 Å². The normalized spacial score (nSPS) is 15.3. The van der Waals surface area contributed by atoms with Gasteiger partial charge in [0.05, 0.1) is 12.3 Å². The lowest BCUT2D eigenvalue weighted by Crippen LogP contribution is -2.21. The molecule has 1 aliphatic carbocycles. The predicted octanol–water partition coefficient (Wildman–Crippen LogP) is 3.61. The first kappa shape index (κ1) is 16.1. The molecule has 0 unspecified atom stereocenters. The van der Waals surface area contributed by atoms with E-state index in [-0.39, 0.29) is 12.6 Å². The van der Waals surface area contributed by atoms with E-state index in [4.69, 9.17) is 0 Å². The van der Waals surface area contributed by atoms with E-state index < -0.39 is 0 Å². The van der Waals surface area contributed by atoms with Crippen LogP contribution in [0.15, 0.2) is 35.2 Å². The van der Waals surface area contributed by atoms with Gasteiger partial charge in [-0.25, -0.2) is 4.98 Å². The minimum atomic E-state index is -0.0721. The Balaban J connectivity index is 1.84. The zero-order chi connectivity index (χ0) is 16.2. The number of thioether (sulfide) groups is 1. The molecule has 1 heterocycles. The maximum Gasteiger partial charge on any atom is 0.225 e. The minimum absolute atomic E-state index is 0.0511. The van der Waals surface area contributed by atoms with Crippen LogP contribution in [0.5, 0.6) is 0 Å². The van der Waals surface area contributed by atoms with Crippen LogP contribution in [0.4, 0.5) is 17.5 Å². The van der Waals surface area contributed by atoms with E-state index >= 15 is 0 Å².